The molecule has 7 nitrogen and oxygen atoms in total. The summed E-state index contributed by atoms with van der Waals surface area (Å²) in [7, 11) is -4.02. The molecule has 0 bridgehead atoms. The average Bonchev–Trinajstić information content (AvgIpc) is 3.24. The van der Waals surface area contributed by atoms with Crippen molar-refractivity contribution in [2.24, 2.45) is 0 Å². The van der Waals surface area contributed by atoms with Crippen molar-refractivity contribution in [2.45, 2.75) is 25.8 Å². The highest BCUT2D eigenvalue weighted by Crippen LogP contribution is 2.25. The highest BCUT2D eigenvalue weighted by Gasteiger charge is 2.31. The van der Waals surface area contributed by atoms with Gasteiger partial charge in [-0.3, -0.25) is 13.9 Å². The van der Waals surface area contributed by atoms with Crippen LogP contribution in [0.2, 0.25) is 0 Å². The van der Waals surface area contributed by atoms with Gasteiger partial charge in [-0.25, -0.2) is 17.2 Å². The molecule has 2 aromatic carbocycles. The molecule has 0 spiro atoms. The molecule has 31 heavy (non-hydrogen) atoms. The Hall–Kier alpha value is -3.01. The zero-order valence-electron chi connectivity index (χ0n) is 17.1. The number of carbonyl (C=O) groups excluding carboxylic acids is 2. The van der Waals surface area contributed by atoms with Crippen LogP contribution in [0.5, 0.6) is 0 Å². The predicted octanol–water partition coefficient (Wildman–Crippen LogP) is 2.99. The average molecular weight is 451 g/mol. The summed E-state index contributed by atoms with van der Waals surface area (Å²) < 4.78 is 52.4. The van der Waals surface area contributed by atoms with Crippen molar-refractivity contribution in [2.75, 3.05) is 29.0 Å². The molecule has 1 N–H and O–H groups in total. The third kappa shape index (κ3) is 5.01. The predicted molar refractivity (Wildman–Crippen MR) is 113 cm³/mol. The minimum Gasteiger partial charge on any atom is -0.339 e. The Morgan fingerprint density at radius 2 is 1.71 bits per heavy atom. The van der Waals surface area contributed by atoms with E-state index < -0.39 is 33.6 Å². The van der Waals surface area contributed by atoms with Crippen LogP contribution in [0.4, 0.5) is 20.2 Å². The maximum atomic E-state index is 13.7. The molecule has 2 amide bonds. The highest BCUT2D eigenvalue weighted by atomic mass is 32.2. The maximum absolute atomic E-state index is 13.7. The summed E-state index contributed by atoms with van der Waals surface area (Å²) in [5.74, 6) is -3.32. The largest absolute Gasteiger partial charge is 0.339 e. The lowest BCUT2D eigenvalue weighted by Crippen LogP contribution is -2.45. The number of halogens is 2. The number of hydrogen-bond acceptors (Lipinski definition) is 4. The topological polar surface area (TPSA) is 86.8 Å². The van der Waals surface area contributed by atoms with Crippen LogP contribution < -0.4 is 9.62 Å². The van der Waals surface area contributed by atoms with Crippen LogP contribution in [0.1, 0.15) is 30.1 Å². The lowest BCUT2D eigenvalue weighted by Gasteiger charge is -2.28. The second kappa shape index (κ2) is 9.01. The summed E-state index contributed by atoms with van der Waals surface area (Å²) >= 11 is 0. The Morgan fingerprint density at radius 3 is 2.32 bits per heavy atom. The number of anilines is 2. The second-order valence-corrected chi connectivity index (χ2v) is 9.23. The van der Waals surface area contributed by atoms with E-state index in [9.17, 15) is 26.8 Å². The van der Waals surface area contributed by atoms with Gasteiger partial charge in [-0.05, 0) is 44.0 Å². The van der Waals surface area contributed by atoms with Gasteiger partial charge in [0.15, 0.2) is 11.6 Å². The SMILES string of the molecule is C[C@H](C(=O)Nc1ccccc1C(=O)N1CCCC1)N(c1ccc(F)c(F)c1)S(C)(=O)=O. The number of sulfonamides is 1. The van der Waals surface area contributed by atoms with Crippen molar-refractivity contribution in [3.05, 3.63) is 59.7 Å². The zero-order chi connectivity index (χ0) is 22.8. The lowest BCUT2D eigenvalue weighted by molar-refractivity contribution is -0.116. The van der Waals surface area contributed by atoms with E-state index in [1.54, 1.807) is 29.2 Å². The molecule has 0 aromatic heterocycles. The van der Waals surface area contributed by atoms with Crippen LogP contribution in [0.25, 0.3) is 0 Å². The van der Waals surface area contributed by atoms with E-state index in [2.05, 4.69) is 5.32 Å². The smallest absolute Gasteiger partial charge is 0.255 e. The van der Waals surface area contributed by atoms with E-state index in [1.165, 1.54) is 6.92 Å². The summed E-state index contributed by atoms with van der Waals surface area (Å²) in [4.78, 5) is 27.4. The van der Waals surface area contributed by atoms with Crippen molar-refractivity contribution < 1.29 is 26.8 Å². The Bertz CT molecular complexity index is 1100. The minimum atomic E-state index is -4.02. The van der Waals surface area contributed by atoms with Crippen LogP contribution in [-0.4, -0.2) is 50.5 Å². The third-order valence-electron chi connectivity index (χ3n) is 5.05. The number of carbonyl (C=O) groups is 2. The van der Waals surface area contributed by atoms with E-state index >= 15 is 0 Å². The van der Waals surface area contributed by atoms with E-state index in [0.29, 0.717) is 29.0 Å². The molecule has 1 aliphatic rings. The number of nitrogens with zero attached hydrogens (tertiary/aromatic N) is 2. The van der Waals surface area contributed by atoms with Crippen LogP contribution >= 0.6 is 0 Å². The summed E-state index contributed by atoms with van der Waals surface area (Å²) in [6.07, 6.45) is 2.69. The molecule has 0 radical (unpaired) electrons. The van der Waals surface area contributed by atoms with Crippen molar-refractivity contribution in [3.63, 3.8) is 0 Å². The maximum Gasteiger partial charge on any atom is 0.255 e. The molecule has 3 rings (SSSR count). The van der Waals surface area contributed by atoms with Crippen LogP contribution in [0, 0.1) is 11.6 Å². The lowest BCUT2D eigenvalue weighted by atomic mass is 10.1. The molecule has 0 unspecified atom stereocenters. The van der Waals surface area contributed by atoms with Crippen molar-refractivity contribution in [1.82, 2.24) is 4.90 Å². The Labute approximate surface area is 179 Å². The van der Waals surface area contributed by atoms with Gasteiger partial charge < -0.3 is 10.2 Å². The normalized spacial score (nSPS) is 14.9. The van der Waals surface area contributed by atoms with Gasteiger partial charge in [0.1, 0.15) is 6.04 Å². The number of rotatable bonds is 6. The zero-order valence-corrected chi connectivity index (χ0v) is 18.0. The van der Waals surface area contributed by atoms with Gasteiger partial charge in [-0.2, -0.15) is 0 Å². The number of hydrogen-bond donors (Lipinski definition) is 1. The molecule has 1 saturated heterocycles. The van der Waals surface area contributed by atoms with Crippen molar-refractivity contribution in [3.8, 4) is 0 Å². The van der Waals surface area contributed by atoms with Gasteiger partial charge in [-0.1, -0.05) is 12.1 Å². The number of likely N-dealkylation sites (tertiary alicyclic amines) is 1. The molecular formula is C21H23F2N3O4S. The van der Waals surface area contributed by atoms with E-state index in [4.69, 9.17) is 0 Å². The fourth-order valence-electron chi connectivity index (χ4n) is 3.54. The Morgan fingerprint density at radius 1 is 1.06 bits per heavy atom. The fraction of sp³-hybridized carbons (Fsp3) is 0.333. The summed E-state index contributed by atoms with van der Waals surface area (Å²) in [5, 5.41) is 2.60. The molecule has 10 heteroatoms. The van der Waals surface area contributed by atoms with Crippen molar-refractivity contribution in [1.29, 1.82) is 0 Å². The number of amides is 2. The van der Waals surface area contributed by atoms with Gasteiger partial charge in [0, 0.05) is 19.2 Å². The molecule has 1 atom stereocenters. The fourth-order valence-corrected chi connectivity index (χ4v) is 4.70. The number of para-hydroxylation sites is 1. The molecule has 1 fully saturated rings. The molecule has 2 aromatic rings. The molecule has 166 valence electrons. The summed E-state index contributed by atoms with van der Waals surface area (Å²) in [5.41, 5.74) is 0.351. The van der Waals surface area contributed by atoms with E-state index in [0.717, 1.165) is 31.2 Å². The quantitative estimate of drug-likeness (QED) is 0.732. The number of benzene rings is 2. The van der Waals surface area contributed by atoms with Crippen LogP contribution in [0.3, 0.4) is 0 Å². The molecule has 0 saturated carbocycles. The third-order valence-corrected chi connectivity index (χ3v) is 6.30. The standard InChI is InChI=1S/C21H23F2N3O4S/c1-14(26(31(2,29)30)15-9-10-17(22)18(23)13-15)20(27)24-19-8-4-3-7-16(19)21(28)25-11-5-6-12-25/h3-4,7-10,13-14H,5-6,11-12H2,1-2H3,(H,24,27)/t14-/m1/s1. The minimum absolute atomic E-state index is 0.189. The van der Waals surface area contributed by atoms with Gasteiger partial charge in [0.2, 0.25) is 15.9 Å². The van der Waals surface area contributed by atoms with E-state index in [-0.39, 0.29) is 17.3 Å². The van der Waals surface area contributed by atoms with Crippen LogP contribution in [0.15, 0.2) is 42.5 Å². The monoisotopic (exact) mass is 451 g/mol. The first-order valence-electron chi connectivity index (χ1n) is 9.73. The molecular weight excluding hydrogens is 428 g/mol. The Balaban J connectivity index is 1.88. The first-order chi connectivity index (χ1) is 14.6. The van der Waals surface area contributed by atoms with Gasteiger partial charge in [0.05, 0.1) is 23.2 Å². The van der Waals surface area contributed by atoms with Gasteiger partial charge in [0.25, 0.3) is 5.91 Å². The first-order valence-corrected chi connectivity index (χ1v) is 11.6. The Kier molecular flexibility index (Phi) is 6.59. The van der Waals surface area contributed by atoms with Gasteiger partial charge in [-0.15, -0.1) is 0 Å². The summed E-state index contributed by atoms with van der Waals surface area (Å²) in [6.45, 7) is 2.59. The van der Waals surface area contributed by atoms with E-state index in [1.807, 2.05) is 0 Å². The second-order valence-electron chi connectivity index (χ2n) is 7.37. The first kappa shape index (κ1) is 22.7. The van der Waals surface area contributed by atoms with Crippen LogP contribution in [-0.2, 0) is 14.8 Å². The molecule has 1 heterocycles. The summed E-state index contributed by atoms with van der Waals surface area (Å²) in [6, 6.07) is 7.74. The van der Waals surface area contributed by atoms with Gasteiger partial charge >= 0.3 is 0 Å². The molecule has 0 aliphatic carbocycles. The highest BCUT2D eigenvalue weighted by molar-refractivity contribution is 7.92. The number of nitrogens with one attached hydrogen (secondary N) is 1. The van der Waals surface area contributed by atoms with Crippen molar-refractivity contribution >= 4 is 33.2 Å². The molecule has 1 aliphatic heterocycles.